The minimum absolute atomic E-state index is 0.0938. The van der Waals surface area contributed by atoms with Gasteiger partial charge in [-0.1, -0.05) is 19.1 Å². The highest BCUT2D eigenvalue weighted by molar-refractivity contribution is 5.92. The van der Waals surface area contributed by atoms with Crippen LogP contribution in [0.25, 0.3) is 0 Å². The quantitative estimate of drug-likeness (QED) is 0.843. The van der Waals surface area contributed by atoms with Gasteiger partial charge in [0.25, 0.3) is 5.91 Å². The zero-order chi connectivity index (χ0) is 15.2. The highest BCUT2D eigenvalue weighted by atomic mass is 16.3. The Bertz CT molecular complexity index is 650. The lowest BCUT2D eigenvalue weighted by molar-refractivity contribution is 0.0710. The molecule has 0 bridgehead atoms. The predicted octanol–water partition coefficient (Wildman–Crippen LogP) is 3.51. The Morgan fingerprint density at radius 1 is 1.29 bits per heavy atom. The van der Waals surface area contributed by atoms with Crippen LogP contribution in [-0.4, -0.2) is 17.4 Å². The molecule has 0 saturated carbocycles. The number of nitrogens with zero attached hydrogens (tertiary/aromatic N) is 2. The van der Waals surface area contributed by atoms with Crippen molar-refractivity contribution in [3.05, 3.63) is 59.0 Å². The first-order chi connectivity index (χ1) is 10.2. The number of hydrogen-bond donors (Lipinski definition) is 0. The van der Waals surface area contributed by atoms with E-state index in [1.807, 2.05) is 26.0 Å². The molecule has 0 atom stereocenters. The van der Waals surface area contributed by atoms with Gasteiger partial charge in [-0.05, 0) is 37.1 Å². The van der Waals surface area contributed by atoms with E-state index < -0.39 is 0 Å². The lowest BCUT2D eigenvalue weighted by Gasteiger charge is -2.21. The average Bonchev–Trinajstić information content (AvgIpc) is 2.93. The molecule has 4 heteroatoms. The molecule has 0 spiro atoms. The topological polar surface area (TPSA) is 57.2 Å². The van der Waals surface area contributed by atoms with E-state index in [-0.39, 0.29) is 5.91 Å². The predicted molar refractivity (Wildman–Crippen MR) is 79.6 cm³/mol. The van der Waals surface area contributed by atoms with Crippen LogP contribution in [0.5, 0.6) is 0 Å². The van der Waals surface area contributed by atoms with Crippen LogP contribution in [0, 0.1) is 18.3 Å². The van der Waals surface area contributed by atoms with Crippen LogP contribution in [0.4, 0.5) is 0 Å². The van der Waals surface area contributed by atoms with Crippen molar-refractivity contribution in [3.8, 4) is 6.07 Å². The second kappa shape index (κ2) is 6.76. The average molecular weight is 282 g/mol. The second-order valence-electron chi connectivity index (χ2n) is 4.97. The Kier molecular flexibility index (Phi) is 4.78. The Balaban J connectivity index is 2.17. The number of rotatable bonds is 5. The van der Waals surface area contributed by atoms with Crippen LogP contribution in [0.1, 0.15) is 40.6 Å². The summed E-state index contributed by atoms with van der Waals surface area (Å²) < 4.78 is 5.29. The Hall–Kier alpha value is -2.54. The van der Waals surface area contributed by atoms with Crippen molar-refractivity contribution in [1.29, 1.82) is 5.26 Å². The molecule has 0 saturated heterocycles. The van der Waals surface area contributed by atoms with Crippen molar-refractivity contribution in [2.24, 2.45) is 0 Å². The van der Waals surface area contributed by atoms with E-state index in [9.17, 15) is 4.79 Å². The van der Waals surface area contributed by atoms with Gasteiger partial charge in [0, 0.05) is 18.7 Å². The number of nitriles is 1. The molecule has 1 aromatic carbocycles. The Morgan fingerprint density at radius 2 is 2.00 bits per heavy atom. The molecule has 1 amide bonds. The number of aryl methyl sites for hydroxylation is 1. The van der Waals surface area contributed by atoms with Crippen LogP contribution >= 0.6 is 0 Å². The maximum atomic E-state index is 12.5. The SMILES string of the molecule is CCCN(Cc1ccc(C#N)cc1)C(=O)c1occc1C. The maximum absolute atomic E-state index is 12.5. The first-order valence-electron chi connectivity index (χ1n) is 6.98. The summed E-state index contributed by atoms with van der Waals surface area (Å²) in [5.74, 6) is 0.306. The first kappa shape index (κ1) is 14.9. The van der Waals surface area contributed by atoms with Crippen LogP contribution in [-0.2, 0) is 6.54 Å². The zero-order valence-corrected chi connectivity index (χ0v) is 12.3. The number of hydrogen-bond acceptors (Lipinski definition) is 3. The molecule has 1 aromatic heterocycles. The van der Waals surface area contributed by atoms with Gasteiger partial charge >= 0.3 is 0 Å². The van der Waals surface area contributed by atoms with Gasteiger partial charge < -0.3 is 9.32 Å². The van der Waals surface area contributed by atoms with Crippen LogP contribution in [0.15, 0.2) is 41.0 Å². The van der Waals surface area contributed by atoms with Crippen molar-refractivity contribution in [2.75, 3.05) is 6.54 Å². The van der Waals surface area contributed by atoms with Gasteiger partial charge in [-0.2, -0.15) is 5.26 Å². The van der Waals surface area contributed by atoms with E-state index in [4.69, 9.17) is 9.68 Å². The monoisotopic (exact) mass is 282 g/mol. The molecule has 2 aromatic rings. The summed E-state index contributed by atoms with van der Waals surface area (Å²) in [5.41, 5.74) is 2.47. The van der Waals surface area contributed by atoms with Gasteiger partial charge in [-0.15, -0.1) is 0 Å². The van der Waals surface area contributed by atoms with E-state index in [0.717, 1.165) is 17.5 Å². The molecule has 21 heavy (non-hydrogen) atoms. The summed E-state index contributed by atoms with van der Waals surface area (Å²) in [4.78, 5) is 14.3. The number of furan rings is 1. The van der Waals surface area contributed by atoms with Gasteiger partial charge in [-0.3, -0.25) is 4.79 Å². The number of benzene rings is 1. The molecule has 0 aliphatic carbocycles. The van der Waals surface area contributed by atoms with Crippen molar-refractivity contribution in [1.82, 2.24) is 4.90 Å². The molecule has 0 aliphatic rings. The zero-order valence-electron chi connectivity index (χ0n) is 12.3. The third kappa shape index (κ3) is 3.51. The third-order valence-electron chi connectivity index (χ3n) is 3.29. The first-order valence-corrected chi connectivity index (χ1v) is 6.98. The standard InChI is InChI=1S/C17H18N2O2/c1-3-9-19(17(20)16-13(2)8-10-21-16)12-15-6-4-14(11-18)5-7-15/h4-8,10H,3,9,12H2,1-2H3. The van der Waals surface area contributed by atoms with Gasteiger partial charge in [0.15, 0.2) is 5.76 Å². The lowest BCUT2D eigenvalue weighted by Crippen LogP contribution is -2.31. The highest BCUT2D eigenvalue weighted by Crippen LogP contribution is 2.15. The van der Waals surface area contributed by atoms with E-state index in [1.165, 1.54) is 6.26 Å². The summed E-state index contributed by atoms with van der Waals surface area (Å²) in [7, 11) is 0. The molecular weight excluding hydrogens is 264 g/mol. The lowest BCUT2D eigenvalue weighted by atomic mass is 10.1. The van der Waals surface area contributed by atoms with Gasteiger partial charge in [-0.25, -0.2) is 0 Å². The molecule has 0 aliphatic heterocycles. The Morgan fingerprint density at radius 3 is 2.52 bits per heavy atom. The van der Waals surface area contributed by atoms with E-state index in [1.54, 1.807) is 23.1 Å². The van der Waals surface area contributed by atoms with Gasteiger partial charge in [0.2, 0.25) is 0 Å². The van der Waals surface area contributed by atoms with Gasteiger partial charge in [0.1, 0.15) is 0 Å². The minimum atomic E-state index is -0.0938. The second-order valence-corrected chi connectivity index (χ2v) is 4.97. The fraction of sp³-hybridized carbons (Fsp3) is 0.294. The van der Waals surface area contributed by atoms with Crippen molar-refractivity contribution in [2.45, 2.75) is 26.8 Å². The molecule has 4 nitrogen and oxygen atoms in total. The van der Waals surface area contributed by atoms with Crippen LogP contribution in [0.3, 0.4) is 0 Å². The summed E-state index contributed by atoms with van der Waals surface area (Å²) in [6, 6.07) is 11.2. The van der Waals surface area contributed by atoms with Gasteiger partial charge in [0.05, 0.1) is 17.9 Å². The fourth-order valence-electron chi connectivity index (χ4n) is 2.16. The molecule has 108 valence electrons. The molecule has 0 radical (unpaired) electrons. The Labute approximate surface area is 124 Å². The molecular formula is C17H18N2O2. The summed E-state index contributed by atoms with van der Waals surface area (Å²) in [6.45, 7) is 5.08. The minimum Gasteiger partial charge on any atom is -0.459 e. The third-order valence-corrected chi connectivity index (χ3v) is 3.29. The van der Waals surface area contributed by atoms with Crippen LogP contribution < -0.4 is 0 Å². The smallest absolute Gasteiger partial charge is 0.290 e. The summed E-state index contributed by atoms with van der Waals surface area (Å²) in [5, 5.41) is 8.81. The van der Waals surface area contributed by atoms with Crippen LogP contribution in [0.2, 0.25) is 0 Å². The largest absolute Gasteiger partial charge is 0.459 e. The molecule has 1 heterocycles. The number of carbonyl (C=O) groups is 1. The maximum Gasteiger partial charge on any atom is 0.290 e. The molecule has 0 N–H and O–H groups in total. The highest BCUT2D eigenvalue weighted by Gasteiger charge is 2.20. The van der Waals surface area contributed by atoms with E-state index in [0.29, 0.717) is 24.4 Å². The summed E-state index contributed by atoms with van der Waals surface area (Å²) in [6.07, 6.45) is 2.41. The van der Waals surface area contributed by atoms with Crippen molar-refractivity contribution in [3.63, 3.8) is 0 Å². The summed E-state index contributed by atoms with van der Waals surface area (Å²) >= 11 is 0. The molecule has 0 unspecified atom stereocenters. The molecule has 0 fully saturated rings. The van der Waals surface area contributed by atoms with Crippen molar-refractivity contribution < 1.29 is 9.21 Å². The normalized spacial score (nSPS) is 10.1. The fourth-order valence-corrected chi connectivity index (χ4v) is 2.16. The van der Waals surface area contributed by atoms with E-state index >= 15 is 0 Å². The van der Waals surface area contributed by atoms with E-state index in [2.05, 4.69) is 6.07 Å². The number of amides is 1. The number of carbonyl (C=O) groups excluding carboxylic acids is 1. The molecule has 2 rings (SSSR count). The van der Waals surface area contributed by atoms with Crippen molar-refractivity contribution >= 4 is 5.91 Å².